The van der Waals surface area contributed by atoms with E-state index in [0.717, 1.165) is 0 Å². The molecule has 0 amide bonds. The second-order valence-corrected chi connectivity index (χ2v) is 6.74. The van der Waals surface area contributed by atoms with Crippen molar-refractivity contribution in [3.05, 3.63) is 41.6 Å². The van der Waals surface area contributed by atoms with Gasteiger partial charge in [-0.1, -0.05) is 25.1 Å². The first-order valence-electron chi connectivity index (χ1n) is 8.23. The molecule has 4 nitrogen and oxygen atoms in total. The number of H-pyrrole nitrogens is 1. The number of nitrogens with zero attached hydrogens (tertiary/aromatic N) is 1. The molecule has 0 radical (unpaired) electrons. The highest BCUT2D eigenvalue weighted by Gasteiger charge is 2.42. The van der Waals surface area contributed by atoms with Crippen LogP contribution >= 0.6 is 0 Å². The second kappa shape index (κ2) is 5.48. The molecule has 0 spiro atoms. The molecule has 23 heavy (non-hydrogen) atoms. The van der Waals surface area contributed by atoms with Crippen molar-refractivity contribution in [3.63, 3.8) is 0 Å². The van der Waals surface area contributed by atoms with E-state index in [0.29, 0.717) is 18.6 Å². The van der Waals surface area contributed by atoms with Crippen LogP contribution in [0.25, 0.3) is 16.5 Å². The third kappa shape index (κ3) is 2.02. The summed E-state index contributed by atoms with van der Waals surface area (Å²) in [7, 11) is 5.72. The molecule has 0 saturated carbocycles. The molecule has 2 heterocycles. The van der Waals surface area contributed by atoms with Crippen molar-refractivity contribution in [1.29, 1.82) is 0 Å². The van der Waals surface area contributed by atoms with Gasteiger partial charge in [-0.2, -0.15) is 0 Å². The molecule has 4 atom stereocenters. The van der Waals surface area contributed by atoms with E-state index in [1.807, 2.05) is 0 Å². The zero-order chi connectivity index (χ0) is 16.1. The van der Waals surface area contributed by atoms with Crippen LogP contribution in [-0.4, -0.2) is 50.0 Å². The van der Waals surface area contributed by atoms with Crippen LogP contribution < -0.4 is 0 Å². The molecule has 0 fully saturated rings. The summed E-state index contributed by atoms with van der Waals surface area (Å²) in [6, 6.07) is 6.88. The van der Waals surface area contributed by atoms with Gasteiger partial charge in [0.15, 0.2) is 0 Å². The Balaban J connectivity index is 1.93. The fraction of sp³-hybridized carbons (Fsp3) is 0.474. The molecule has 0 saturated heterocycles. The Morgan fingerprint density at radius 1 is 1.26 bits per heavy atom. The summed E-state index contributed by atoms with van der Waals surface area (Å²) in [6.45, 7) is 2.99. The largest absolute Gasteiger partial charge is 0.384 e. The lowest BCUT2D eigenvalue weighted by Gasteiger charge is -2.47. The van der Waals surface area contributed by atoms with Crippen molar-refractivity contribution in [2.24, 2.45) is 5.92 Å². The number of aromatic nitrogens is 1. The van der Waals surface area contributed by atoms with E-state index in [4.69, 9.17) is 9.47 Å². The quantitative estimate of drug-likeness (QED) is 0.945. The Morgan fingerprint density at radius 3 is 2.83 bits per heavy atom. The van der Waals surface area contributed by atoms with Gasteiger partial charge in [0.05, 0.1) is 6.61 Å². The van der Waals surface area contributed by atoms with Gasteiger partial charge in [-0.05, 0) is 29.8 Å². The van der Waals surface area contributed by atoms with E-state index >= 15 is 0 Å². The molecule has 4 rings (SSSR count). The standard InChI is InChI=1S/C19H24N2O2/c1-11-15-9-20-16-7-5-6-13(17(15)16)14-8-12(10-22-3)19(23-4)21(2)18(11)14/h5-9,11-12,18-20H,10H2,1-4H3/t11?,12-,18-,19?/m1/s1. The van der Waals surface area contributed by atoms with Crippen molar-refractivity contribution >= 4 is 16.5 Å². The Labute approximate surface area is 137 Å². The van der Waals surface area contributed by atoms with Crippen LogP contribution in [0.3, 0.4) is 0 Å². The molecule has 4 heteroatoms. The molecule has 1 aliphatic carbocycles. The normalized spacial score (nSPS) is 30.3. The van der Waals surface area contributed by atoms with Crippen LogP contribution in [0.4, 0.5) is 0 Å². The zero-order valence-electron chi connectivity index (χ0n) is 14.2. The van der Waals surface area contributed by atoms with Gasteiger partial charge in [0.2, 0.25) is 0 Å². The van der Waals surface area contributed by atoms with Gasteiger partial charge < -0.3 is 14.5 Å². The summed E-state index contributed by atoms with van der Waals surface area (Å²) >= 11 is 0. The monoisotopic (exact) mass is 312 g/mol. The lowest BCUT2D eigenvalue weighted by molar-refractivity contribution is -0.0797. The van der Waals surface area contributed by atoms with Gasteiger partial charge in [0.1, 0.15) is 6.23 Å². The Hall–Kier alpha value is -1.62. The van der Waals surface area contributed by atoms with E-state index < -0.39 is 0 Å². The van der Waals surface area contributed by atoms with E-state index in [1.54, 1.807) is 14.2 Å². The van der Waals surface area contributed by atoms with E-state index in [2.05, 4.69) is 54.3 Å². The molecule has 2 aliphatic rings. The highest BCUT2D eigenvalue weighted by Crippen LogP contribution is 2.47. The highest BCUT2D eigenvalue weighted by atomic mass is 16.5. The van der Waals surface area contributed by atoms with Crippen LogP contribution in [0.5, 0.6) is 0 Å². The summed E-state index contributed by atoms with van der Waals surface area (Å²) in [5.74, 6) is 0.667. The molecule has 0 bridgehead atoms. The molecule has 1 N–H and O–H groups in total. The smallest absolute Gasteiger partial charge is 0.119 e. The number of methoxy groups -OCH3 is 2. The lowest BCUT2D eigenvalue weighted by atomic mass is 9.74. The van der Waals surface area contributed by atoms with Crippen LogP contribution in [0.2, 0.25) is 0 Å². The maximum Gasteiger partial charge on any atom is 0.119 e. The summed E-state index contributed by atoms with van der Waals surface area (Å²) < 4.78 is 11.2. The number of aromatic amines is 1. The zero-order valence-corrected chi connectivity index (χ0v) is 14.2. The van der Waals surface area contributed by atoms with Gasteiger partial charge >= 0.3 is 0 Å². The number of hydrogen-bond donors (Lipinski definition) is 1. The molecular weight excluding hydrogens is 288 g/mol. The highest BCUT2D eigenvalue weighted by molar-refractivity contribution is 5.99. The van der Waals surface area contributed by atoms with Gasteiger partial charge in [0.25, 0.3) is 0 Å². The minimum atomic E-state index is 0.0471. The van der Waals surface area contributed by atoms with E-state index in [1.165, 1.54) is 27.6 Å². The van der Waals surface area contributed by atoms with Gasteiger partial charge in [-0.15, -0.1) is 0 Å². The first-order valence-corrected chi connectivity index (χ1v) is 8.23. The number of benzene rings is 1. The second-order valence-electron chi connectivity index (χ2n) is 6.74. The minimum absolute atomic E-state index is 0.0471. The molecule has 2 aromatic rings. The van der Waals surface area contributed by atoms with Gasteiger partial charge in [-0.25, -0.2) is 0 Å². The molecule has 1 aromatic heterocycles. The maximum absolute atomic E-state index is 5.80. The van der Waals surface area contributed by atoms with Crippen molar-refractivity contribution in [3.8, 4) is 0 Å². The third-order valence-electron chi connectivity index (χ3n) is 5.53. The predicted molar refractivity (Wildman–Crippen MR) is 92.4 cm³/mol. The average Bonchev–Trinajstić information content (AvgIpc) is 2.98. The first-order chi connectivity index (χ1) is 11.2. The van der Waals surface area contributed by atoms with E-state index in [-0.39, 0.29) is 12.1 Å². The van der Waals surface area contributed by atoms with Crippen LogP contribution in [-0.2, 0) is 9.47 Å². The van der Waals surface area contributed by atoms with E-state index in [9.17, 15) is 0 Å². The van der Waals surface area contributed by atoms with Crippen molar-refractivity contribution < 1.29 is 9.47 Å². The summed E-state index contributed by atoms with van der Waals surface area (Å²) in [5.41, 5.74) is 5.39. The van der Waals surface area contributed by atoms with Gasteiger partial charge in [0, 0.05) is 49.2 Å². The minimum Gasteiger partial charge on any atom is -0.384 e. The fourth-order valence-corrected chi connectivity index (χ4v) is 4.61. The topological polar surface area (TPSA) is 37.5 Å². The van der Waals surface area contributed by atoms with Crippen molar-refractivity contribution in [2.45, 2.75) is 25.1 Å². The Morgan fingerprint density at radius 2 is 2.09 bits per heavy atom. The number of rotatable bonds is 3. The summed E-state index contributed by atoms with van der Waals surface area (Å²) in [6.07, 6.45) is 4.60. The summed E-state index contributed by atoms with van der Waals surface area (Å²) in [5, 5.41) is 1.38. The Kier molecular flexibility index (Phi) is 3.56. The van der Waals surface area contributed by atoms with Crippen LogP contribution in [0, 0.1) is 5.92 Å². The number of ether oxygens (including phenoxy) is 2. The van der Waals surface area contributed by atoms with Crippen molar-refractivity contribution in [1.82, 2.24) is 9.88 Å². The number of likely N-dealkylation sites (N-methyl/N-ethyl adjacent to an activating group) is 1. The first kappa shape index (κ1) is 14.9. The third-order valence-corrected chi connectivity index (χ3v) is 5.53. The molecule has 1 aliphatic heterocycles. The number of hydrogen-bond acceptors (Lipinski definition) is 3. The summed E-state index contributed by atoms with van der Waals surface area (Å²) in [4.78, 5) is 5.81. The predicted octanol–water partition coefficient (Wildman–Crippen LogP) is 3.22. The number of nitrogens with one attached hydrogen (secondary N) is 1. The maximum atomic E-state index is 5.80. The van der Waals surface area contributed by atoms with Crippen LogP contribution in [0.15, 0.2) is 30.5 Å². The SMILES string of the molecule is COC[C@H]1C=C2c3cccc4[nH]cc(c34)C(C)[C@H]2N(C)C1OC. The molecule has 2 unspecified atom stereocenters. The average molecular weight is 312 g/mol. The van der Waals surface area contributed by atoms with Gasteiger partial charge in [-0.3, -0.25) is 4.90 Å². The molecule has 1 aromatic carbocycles. The molecule has 122 valence electrons. The van der Waals surface area contributed by atoms with Crippen LogP contribution in [0.1, 0.15) is 24.0 Å². The molecular formula is C19H24N2O2. The number of fused-ring (bicyclic) bond motifs is 2. The van der Waals surface area contributed by atoms with Crippen molar-refractivity contribution in [2.75, 3.05) is 27.9 Å². The fourth-order valence-electron chi connectivity index (χ4n) is 4.61. The Bertz CT molecular complexity index is 764. The lowest BCUT2D eigenvalue weighted by Crippen LogP contribution is -2.52.